The Bertz CT molecular complexity index is 482. The first-order valence-electron chi connectivity index (χ1n) is 7.28. The van der Waals surface area contributed by atoms with Gasteiger partial charge in [0.2, 0.25) is 0 Å². The fourth-order valence-electron chi connectivity index (χ4n) is 2.71. The largest absolute Gasteiger partial charge is 0.369 e. The molecule has 0 unspecified atom stereocenters. The topological polar surface area (TPSA) is 31.4 Å². The molecule has 2 aliphatic rings. The number of hydrogen-bond acceptors (Lipinski definition) is 4. The fourth-order valence-corrected chi connectivity index (χ4v) is 3.25. The lowest BCUT2D eigenvalue weighted by Gasteiger charge is -2.36. The number of aromatic nitrogens is 1. The van der Waals surface area contributed by atoms with E-state index >= 15 is 0 Å². The van der Waals surface area contributed by atoms with Gasteiger partial charge in [-0.1, -0.05) is 23.2 Å². The van der Waals surface area contributed by atoms with Crippen LogP contribution in [0.3, 0.4) is 0 Å². The second-order valence-electron chi connectivity index (χ2n) is 5.41. The highest BCUT2D eigenvalue weighted by atomic mass is 35.5. The van der Waals surface area contributed by atoms with Gasteiger partial charge in [-0.25, -0.2) is 4.98 Å². The number of rotatable bonds is 4. The number of piperazine rings is 1. The molecule has 3 rings (SSSR count). The summed E-state index contributed by atoms with van der Waals surface area (Å²) in [5.74, 6) is 1.57. The normalized spacial score (nSPS) is 20.2. The van der Waals surface area contributed by atoms with E-state index in [1.165, 1.54) is 12.8 Å². The molecule has 0 atom stereocenters. The van der Waals surface area contributed by atoms with Gasteiger partial charge in [-0.05, 0) is 25.8 Å². The van der Waals surface area contributed by atoms with Crippen LogP contribution in [0.2, 0.25) is 10.0 Å². The van der Waals surface area contributed by atoms with E-state index in [1.54, 1.807) is 6.07 Å². The molecule has 1 aromatic rings. The number of nitrogens with zero attached hydrogens (tertiary/aromatic N) is 3. The SMILES string of the molecule is CCNc1nc(N2CCN(C3CC3)CC2)c(Cl)cc1Cl. The van der Waals surface area contributed by atoms with Crippen LogP contribution in [-0.2, 0) is 0 Å². The maximum Gasteiger partial charge on any atom is 0.150 e. The molecule has 1 saturated carbocycles. The van der Waals surface area contributed by atoms with Crippen molar-refractivity contribution in [3.63, 3.8) is 0 Å². The minimum atomic E-state index is 0.581. The van der Waals surface area contributed by atoms with Gasteiger partial charge in [-0.2, -0.15) is 0 Å². The Labute approximate surface area is 130 Å². The van der Waals surface area contributed by atoms with Crippen molar-refractivity contribution in [3.05, 3.63) is 16.1 Å². The second kappa shape index (κ2) is 5.96. The Kier molecular flexibility index (Phi) is 4.24. The number of pyridine rings is 1. The third kappa shape index (κ3) is 2.97. The molecular weight excluding hydrogens is 295 g/mol. The summed E-state index contributed by atoms with van der Waals surface area (Å²) in [4.78, 5) is 9.44. The van der Waals surface area contributed by atoms with Crippen molar-refractivity contribution >= 4 is 34.8 Å². The molecule has 4 nitrogen and oxygen atoms in total. The van der Waals surface area contributed by atoms with Gasteiger partial charge in [-0.15, -0.1) is 0 Å². The quantitative estimate of drug-likeness (QED) is 0.925. The minimum absolute atomic E-state index is 0.581. The van der Waals surface area contributed by atoms with Gasteiger partial charge in [0, 0.05) is 38.8 Å². The standard InChI is InChI=1S/C14H20Cl2N4/c1-2-17-13-11(15)9-12(16)14(18-13)20-7-5-19(6-8-20)10-3-4-10/h9-10H,2-8H2,1H3,(H,17,18). The smallest absolute Gasteiger partial charge is 0.150 e. The van der Waals surface area contributed by atoms with Crippen LogP contribution in [0.4, 0.5) is 11.6 Å². The maximum atomic E-state index is 6.32. The molecule has 0 amide bonds. The molecule has 2 fully saturated rings. The van der Waals surface area contributed by atoms with Gasteiger partial charge >= 0.3 is 0 Å². The van der Waals surface area contributed by atoms with Crippen LogP contribution in [0.5, 0.6) is 0 Å². The predicted molar refractivity (Wildman–Crippen MR) is 85.2 cm³/mol. The van der Waals surface area contributed by atoms with Crippen LogP contribution >= 0.6 is 23.2 Å². The van der Waals surface area contributed by atoms with Crippen molar-refractivity contribution in [2.24, 2.45) is 0 Å². The van der Waals surface area contributed by atoms with Gasteiger partial charge in [0.1, 0.15) is 11.6 Å². The zero-order valence-corrected chi connectivity index (χ0v) is 13.2. The predicted octanol–water partition coefficient (Wildman–Crippen LogP) is 3.10. The third-order valence-electron chi connectivity index (χ3n) is 3.93. The van der Waals surface area contributed by atoms with E-state index < -0.39 is 0 Å². The first-order chi connectivity index (χ1) is 9.69. The number of halogens is 2. The average Bonchev–Trinajstić information content (AvgIpc) is 3.27. The Balaban J connectivity index is 1.74. The number of anilines is 2. The van der Waals surface area contributed by atoms with Crippen molar-refractivity contribution < 1.29 is 0 Å². The number of hydrogen-bond donors (Lipinski definition) is 1. The molecule has 0 aromatic carbocycles. The van der Waals surface area contributed by atoms with E-state index in [1.807, 2.05) is 6.92 Å². The van der Waals surface area contributed by atoms with Crippen molar-refractivity contribution in [1.82, 2.24) is 9.88 Å². The van der Waals surface area contributed by atoms with Crippen LogP contribution in [0, 0.1) is 0 Å². The molecule has 1 aliphatic carbocycles. The van der Waals surface area contributed by atoms with Crippen LogP contribution in [0.15, 0.2) is 6.07 Å². The van der Waals surface area contributed by atoms with E-state index in [2.05, 4.69) is 20.1 Å². The summed E-state index contributed by atoms with van der Waals surface area (Å²) in [7, 11) is 0. The molecule has 110 valence electrons. The van der Waals surface area contributed by atoms with Gasteiger partial charge in [-0.3, -0.25) is 4.90 Å². The van der Waals surface area contributed by atoms with Crippen molar-refractivity contribution in [2.45, 2.75) is 25.8 Å². The highest BCUT2D eigenvalue weighted by molar-refractivity contribution is 6.37. The highest BCUT2D eigenvalue weighted by Crippen LogP contribution is 2.33. The second-order valence-corrected chi connectivity index (χ2v) is 6.22. The number of nitrogens with one attached hydrogen (secondary N) is 1. The van der Waals surface area contributed by atoms with E-state index in [0.717, 1.165) is 50.4 Å². The lowest BCUT2D eigenvalue weighted by molar-refractivity contribution is 0.247. The van der Waals surface area contributed by atoms with Crippen molar-refractivity contribution in [2.75, 3.05) is 42.9 Å². The first kappa shape index (κ1) is 14.2. The van der Waals surface area contributed by atoms with E-state index in [0.29, 0.717) is 10.0 Å². The highest BCUT2D eigenvalue weighted by Gasteiger charge is 2.31. The summed E-state index contributed by atoms with van der Waals surface area (Å²) < 4.78 is 0. The molecule has 1 aromatic heterocycles. The van der Waals surface area contributed by atoms with E-state index in [4.69, 9.17) is 23.2 Å². The van der Waals surface area contributed by atoms with Gasteiger partial charge in [0.05, 0.1) is 10.0 Å². The molecular formula is C14H20Cl2N4. The van der Waals surface area contributed by atoms with Crippen LogP contribution < -0.4 is 10.2 Å². The Morgan fingerprint density at radius 3 is 2.50 bits per heavy atom. The van der Waals surface area contributed by atoms with E-state index in [-0.39, 0.29) is 0 Å². The Morgan fingerprint density at radius 1 is 1.20 bits per heavy atom. The molecule has 0 spiro atoms. The van der Waals surface area contributed by atoms with Gasteiger partial charge in [0.15, 0.2) is 0 Å². The summed E-state index contributed by atoms with van der Waals surface area (Å²) >= 11 is 12.5. The molecule has 20 heavy (non-hydrogen) atoms. The molecule has 6 heteroatoms. The lowest BCUT2D eigenvalue weighted by Crippen LogP contribution is -2.47. The molecule has 2 heterocycles. The van der Waals surface area contributed by atoms with Crippen LogP contribution in [0.1, 0.15) is 19.8 Å². The lowest BCUT2D eigenvalue weighted by atomic mass is 10.3. The Morgan fingerprint density at radius 2 is 1.90 bits per heavy atom. The zero-order valence-electron chi connectivity index (χ0n) is 11.7. The average molecular weight is 315 g/mol. The van der Waals surface area contributed by atoms with Crippen LogP contribution in [-0.4, -0.2) is 48.6 Å². The van der Waals surface area contributed by atoms with Crippen LogP contribution in [0.25, 0.3) is 0 Å². The monoisotopic (exact) mass is 314 g/mol. The van der Waals surface area contributed by atoms with Gasteiger partial charge < -0.3 is 10.2 Å². The zero-order chi connectivity index (χ0) is 14.1. The summed E-state index contributed by atoms with van der Waals surface area (Å²) in [6, 6.07) is 2.62. The maximum absolute atomic E-state index is 6.32. The van der Waals surface area contributed by atoms with Gasteiger partial charge in [0.25, 0.3) is 0 Å². The third-order valence-corrected chi connectivity index (χ3v) is 4.50. The minimum Gasteiger partial charge on any atom is -0.369 e. The summed E-state index contributed by atoms with van der Waals surface area (Å²) in [5.41, 5.74) is 0. The Hall–Kier alpha value is -0.710. The molecule has 1 saturated heterocycles. The summed E-state index contributed by atoms with van der Waals surface area (Å²) in [6.07, 6.45) is 2.73. The summed E-state index contributed by atoms with van der Waals surface area (Å²) in [5, 5.41) is 4.40. The fraction of sp³-hybridized carbons (Fsp3) is 0.643. The molecule has 1 N–H and O–H groups in total. The first-order valence-corrected chi connectivity index (χ1v) is 8.03. The molecule has 1 aliphatic heterocycles. The summed E-state index contributed by atoms with van der Waals surface area (Å²) in [6.45, 7) is 6.99. The molecule has 0 radical (unpaired) electrons. The van der Waals surface area contributed by atoms with Crippen molar-refractivity contribution in [1.29, 1.82) is 0 Å². The van der Waals surface area contributed by atoms with Crippen molar-refractivity contribution in [3.8, 4) is 0 Å². The van der Waals surface area contributed by atoms with E-state index in [9.17, 15) is 0 Å². The molecule has 0 bridgehead atoms.